The molecule has 3 heterocycles. The van der Waals surface area contributed by atoms with Crippen molar-refractivity contribution in [3.05, 3.63) is 65.0 Å². The maximum atomic E-state index is 13.1. The number of carbonyl (C=O) groups excluding carboxylic acids is 1. The van der Waals surface area contributed by atoms with Gasteiger partial charge >= 0.3 is 6.09 Å². The van der Waals surface area contributed by atoms with E-state index in [1.807, 2.05) is 24.3 Å². The third-order valence-electron chi connectivity index (χ3n) is 6.32. The van der Waals surface area contributed by atoms with E-state index in [2.05, 4.69) is 16.3 Å². The fraction of sp³-hybridized carbons (Fsp3) is 0.269. The molecule has 11 heteroatoms. The minimum atomic E-state index is -0.757. The van der Waals surface area contributed by atoms with Crippen molar-refractivity contribution in [3.8, 4) is 40.5 Å². The van der Waals surface area contributed by atoms with E-state index in [1.54, 1.807) is 30.2 Å². The Morgan fingerprint density at radius 1 is 1.16 bits per heavy atom. The molecule has 0 spiro atoms. The number of para-hydroxylation sites is 1. The monoisotopic (exact) mass is 503 g/mol. The molecule has 11 nitrogen and oxygen atoms in total. The van der Waals surface area contributed by atoms with Crippen LogP contribution in [0.3, 0.4) is 0 Å². The van der Waals surface area contributed by atoms with E-state index in [9.17, 15) is 10.1 Å². The lowest BCUT2D eigenvalue weighted by Crippen LogP contribution is -2.42. The highest BCUT2D eigenvalue weighted by Gasteiger charge is 2.38. The number of hydrogen-bond acceptors (Lipinski definition) is 9. The first-order valence-electron chi connectivity index (χ1n) is 11.6. The molecule has 37 heavy (non-hydrogen) atoms. The molecule has 0 bridgehead atoms. The van der Waals surface area contributed by atoms with Gasteiger partial charge in [0.15, 0.2) is 11.5 Å². The normalized spacial score (nSPS) is 16.9. The molecule has 1 atom stereocenters. The van der Waals surface area contributed by atoms with Crippen molar-refractivity contribution >= 4 is 6.09 Å². The number of benzene rings is 2. The number of amides is 1. The summed E-state index contributed by atoms with van der Waals surface area (Å²) in [4.78, 5) is 14.6. The number of methoxy groups -OCH3 is 2. The maximum absolute atomic E-state index is 13.1. The third kappa shape index (κ3) is 4.39. The second kappa shape index (κ2) is 10.1. The molecule has 1 amide bonds. The summed E-state index contributed by atoms with van der Waals surface area (Å²) < 4.78 is 27.8. The second-order valence-electron chi connectivity index (χ2n) is 8.32. The first-order chi connectivity index (χ1) is 18.0. The first kappa shape index (κ1) is 24.0. The lowest BCUT2D eigenvalue weighted by Gasteiger charge is -2.28. The van der Waals surface area contributed by atoms with Crippen molar-refractivity contribution in [2.75, 3.05) is 40.5 Å². The Morgan fingerprint density at radius 2 is 1.92 bits per heavy atom. The van der Waals surface area contributed by atoms with E-state index in [0.29, 0.717) is 54.6 Å². The molecule has 0 saturated carbocycles. The lowest BCUT2D eigenvalue weighted by molar-refractivity contribution is 0.0412. The highest BCUT2D eigenvalue weighted by molar-refractivity contribution is 5.76. The number of fused-ring (bicyclic) bond motifs is 1. The molecule has 2 aromatic carbocycles. The summed E-state index contributed by atoms with van der Waals surface area (Å²) in [7, 11) is 3.07. The van der Waals surface area contributed by atoms with Crippen LogP contribution in [0.5, 0.6) is 23.1 Å². The molecular weight excluding hydrogens is 478 g/mol. The number of aromatic amines is 1. The average Bonchev–Trinajstić information content (AvgIpc) is 3.36. The number of H-pyrrole nitrogens is 1. The maximum Gasteiger partial charge on any atom is 0.415 e. The van der Waals surface area contributed by atoms with Gasteiger partial charge in [0, 0.05) is 24.2 Å². The highest BCUT2D eigenvalue weighted by Crippen LogP contribution is 2.49. The van der Waals surface area contributed by atoms with Crippen LogP contribution in [0.2, 0.25) is 0 Å². The zero-order chi connectivity index (χ0) is 25.9. The number of aromatic nitrogens is 2. The summed E-state index contributed by atoms with van der Waals surface area (Å²) >= 11 is 0. The summed E-state index contributed by atoms with van der Waals surface area (Å²) in [6, 6.07) is 14.7. The number of nitrogens with one attached hydrogen (secondary N) is 1. The van der Waals surface area contributed by atoms with Crippen molar-refractivity contribution < 1.29 is 28.5 Å². The van der Waals surface area contributed by atoms with Gasteiger partial charge in [0.1, 0.15) is 17.4 Å². The Kier molecular flexibility index (Phi) is 6.57. The number of ether oxygens (including phenoxy) is 5. The second-order valence-corrected chi connectivity index (χ2v) is 8.32. The van der Waals surface area contributed by atoms with E-state index >= 15 is 0 Å². The Morgan fingerprint density at radius 3 is 2.59 bits per heavy atom. The smallest absolute Gasteiger partial charge is 0.415 e. The molecule has 1 aromatic heterocycles. The van der Waals surface area contributed by atoms with Gasteiger partial charge in [-0.2, -0.15) is 5.26 Å². The number of hydrogen-bond donors (Lipinski definition) is 2. The van der Waals surface area contributed by atoms with Gasteiger partial charge in [-0.05, 0) is 30.3 Å². The minimum Gasteiger partial charge on any atom is -0.497 e. The van der Waals surface area contributed by atoms with Crippen LogP contribution in [0.25, 0.3) is 11.3 Å². The molecular formula is C26H25N5O6. The number of morpholine rings is 1. The Balaban J connectivity index is 1.65. The van der Waals surface area contributed by atoms with Gasteiger partial charge in [0.2, 0.25) is 11.8 Å². The van der Waals surface area contributed by atoms with Crippen LogP contribution in [0.4, 0.5) is 4.79 Å². The van der Waals surface area contributed by atoms with Crippen LogP contribution < -0.4 is 24.7 Å². The van der Waals surface area contributed by atoms with Crippen LogP contribution in [-0.2, 0) is 4.74 Å². The number of nitriles is 1. The molecule has 2 aliphatic heterocycles. The number of carbonyl (C=O) groups is 1. The molecule has 3 aromatic rings. The molecule has 5 rings (SSSR count). The third-order valence-corrected chi connectivity index (χ3v) is 6.32. The van der Waals surface area contributed by atoms with Crippen LogP contribution in [0, 0.1) is 11.3 Å². The molecule has 190 valence electrons. The average molecular weight is 504 g/mol. The van der Waals surface area contributed by atoms with Gasteiger partial charge in [-0.3, -0.25) is 5.10 Å². The first-order valence-corrected chi connectivity index (χ1v) is 11.6. The summed E-state index contributed by atoms with van der Waals surface area (Å²) in [5.74, 6) is 0.588. The molecule has 3 N–H and O–H groups in total. The zero-order valence-corrected chi connectivity index (χ0v) is 20.3. The van der Waals surface area contributed by atoms with Crippen LogP contribution in [0.1, 0.15) is 17.0 Å². The van der Waals surface area contributed by atoms with E-state index in [-0.39, 0.29) is 23.1 Å². The fourth-order valence-corrected chi connectivity index (χ4v) is 4.46. The van der Waals surface area contributed by atoms with Gasteiger partial charge in [0.05, 0.1) is 44.6 Å². The lowest BCUT2D eigenvalue weighted by atomic mass is 9.82. The van der Waals surface area contributed by atoms with Gasteiger partial charge < -0.3 is 34.3 Å². The molecule has 1 saturated heterocycles. The fourth-order valence-electron chi connectivity index (χ4n) is 4.46. The molecule has 2 aliphatic rings. The molecule has 0 aliphatic carbocycles. The van der Waals surface area contributed by atoms with Crippen molar-refractivity contribution in [2.45, 2.75) is 5.92 Å². The number of allylic oxidation sites excluding steroid dienone is 1. The quantitative estimate of drug-likeness (QED) is 0.536. The van der Waals surface area contributed by atoms with E-state index < -0.39 is 12.0 Å². The zero-order valence-electron chi connectivity index (χ0n) is 20.3. The Bertz CT molecular complexity index is 1390. The Hall–Kier alpha value is -4.69. The van der Waals surface area contributed by atoms with Gasteiger partial charge in [-0.25, -0.2) is 4.79 Å². The highest BCUT2D eigenvalue weighted by atomic mass is 16.6. The molecule has 0 unspecified atom stereocenters. The number of nitrogens with two attached hydrogens (primary N) is 1. The van der Waals surface area contributed by atoms with Crippen LogP contribution in [-0.4, -0.2) is 61.7 Å². The van der Waals surface area contributed by atoms with E-state index in [1.165, 1.54) is 7.11 Å². The Labute approximate surface area is 212 Å². The van der Waals surface area contributed by atoms with Gasteiger partial charge in [0.25, 0.3) is 0 Å². The number of nitrogens with zero attached hydrogens (tertiary/aromatic N) is 3. The summed E-state index contributed by atoms with van der Waals surface area (Å²) in [5.41, 5.74) is 8.80. The van der Waals surface area contributed by atoms with Crippen molar-refractivity contribution in [1.82, 2.24) is 15.1 Å². The van der Waals surface area contributed by atoms with E-state index in [0.717, 1.165) is 5.56 Å². The summed E-state index contributed by atoms with van der Waals surface area (Å²) in [6.07, 6.45) is -0.542. The predicted molar refractivity (Wildman–Crippen MR) is 131 cm³/mol. The van der Waals surface area contributed by atoms with Crippen molar-refractivity contribution in [1.29, 1.82) is 5.26 Å². The molecule has 0 radical (unpaired) electrons. The summed E-state index contributed by atoms with van der Waals surface area (Å²) in [6.45, 7) is 1.67. The number of rotatable bonds is 5. The SMILES string of the molecule is COc1ccc(-c2[nH]nc3c2[C@@H](c2cccc(OC)c2OC(=O)N2CCOCC2)C(C#N)=C(N)O3)cc1. The largest absolute Gasteiger partial charge is 0.497 e. The topological polar surface area (TPSA) is 145 Å². The van der Waals surface area contributed by atoms with Crippen molar-refractivity contribution in [3.63, 3.8) is 0 Å². The van der Waals surface area contributed by atoms with Gasteiger partial charge in [-0.15, -0.1) is 5.10 Å². The standard InChI is InChI=1S/C26H25N5O6/c1-33-16-8-6-15(7-9-16)22-21-20(18(14-27)24(28)37-25(21)30-29-22)17-4-3-5-19(34-2)23(17)36-26(32)31-10-12-35-13-11-31/h3-9,20H,10-13,28H2,1-2H3,(H,29,30)/t20-/m0/s1. The van der Waals surface area contributed by atoms with Gasteiger partial charge in [-0.1, -0.05) is 12.1 Å². The molecule has 1 fully saturated rings. The van der Waals surface area contributed by atoms with Crippen molar-refractivity contribution in [2.24, 2.45) is 5.73 Å². The minimum absolute atomic E-state index is 0.0824. The summed E-state index contributed by atoms with van der Waals surface area (Å²) in [5, 5.41) is 17.4. The van der Waals surface area contributed by atoms with Crippen LogP contribution >= 0.6 is 0 Å². The van der Waals surface area contributed by atoms with Crippen LogP contribution in [0.15, 0.2) is 53.9 Å². The predicted octanol–water partition coefficient (Wildman–Crippen LogP) is 3.14. The van der Waals surface area contributed by atoms with E-state index in [4.69, 9.17) is 29.4 Å².